The molecule has 3 nitrogen and oxygen atoms in total. The Morgan fingerprint density at radius 2 is 2.12 bits per heavy atom. The number of methoxy groups -OCH3 is 1. The average Bonchev–Trinajstić information content (AvgIpc) is 2.35. The van der Waals surface area contributed by atoms with E-state index in [1.165, 1.54) is 14.0 Å². The third kappa shape index (κ3) is 3.07. The van der Waals surface area contributed by atoms with Crippen molar-refractivity contribution in [3.63, 3.8) is 0 Å². The van der Waals surface area contributed by atoms with Crippen molar-refractivity contribution in [3.8, 4) is 0 Å². The lowest BCUT2D eigenvalue weighted by atomic mass is 9.98. The van der Waals surface area contributed by atoms with E-state index >= 15 is 0 Å². The number of carbonyl (C=O) groups is 2. The van der Waals surface area contributed by atoms with Gasteiger partial charge in [-0.15, -0.1) is 11.6 Å². The van der Waals surface area contributed by atoms with Gasteiger partial charge in [-0.05, 0) is 18.1 Å². The minimum atomic E-state index is -0.528. The second-order valence-corrected chi connectivity index (χ2v) is 4.66. The van der Waals surface area contributed by atoms with E-state index in [2.05, 4.69) is 15.9 Å². The zero-order chi connectivity index (χ0) is 13.0. The first-order valence-corrected chi connectivity index (χ1v) is 6.38. The van der Waals surface area contributed by atoms with Gasteiger partial charge in [0.25, 0.3) is 0 Å². The molecule has 0 heterocycles. The third-order valence-electron chi connectivity index (χ3n) is 2.35. The fourth-order valence-electron chi connectivity index (χ4n) is 1.51. The van der Waals surface area contributed by atoms with E-state index in [-0.39, 0.29) is 11.7 Å². The van der Waals surface area contributed by atoms with Crippen LogP contribution in [0.25, 0.3) is 0 Å². The molecule has 0 fully saturated rings. The Morgan fingerprint density at radius 1 is 1.47 bits per heavy atom. The molecule has 1 aromatic rings. The van der Waals surface area contributed by atoms with Gasteiger partial charge in [-0.25, -0.2) is 4.79 Å². The predicted molar refractivity (Wildman–Crippen MR) is 69.7 cm³/mol. The molecule has 0 aliphatic rings. The Hall–Kier alpha value is -0.870. The van der Waals surface area contributed by atoms with Crippen molar-refractivity contribution in [2.45, 2.75) is 17.6 Å². The molecule has 0 saturated carbocycles. The molecule has 0 radical (unpaired) electrons. The predicted octanol–water partition coefficient (Wildman–Crippen LogP) is 3.24. The number of alkyl halides is 2. The zero-order valence-electron chi connectivity index (χ0n) is 9.50. The van der Waals surface area contributed by atoms with Gasteiger partial charge in [-0.3, -0.25) is 4.79 Å². The van der Waals surface area contributed by atoms with Crippen molar-refractivity contribution in [1.29, 1.82) is 0 Å². The summed E-state index contributed by atoms with van der Waals surface area (Å²) in [6.45, 7) is 1.45. The van der Waals surface area contributed by atoms with Crippen LogP contribution in [-0.4, -0.2) is 18.9 Å². The molecule has 1 rings (SSSR count). The molecular formula is C12H12BrClO3. The molecule has 0 aromatic heterocycles. The summed E-state index contributed by atoms with van der Waals surface area (Å²) in [6.07, 6.45) is 0. The Kier molecular flexibility index (Phi) is 5.15. The molecule has 0 saturated heterocycles. The fraction of sp³-hybridized carbons (Fsp3) is 0.333. The molecule has 0 amide bonds. The van der Waals surface area contributed by atoms with Crippen LogP contribution in [0.4, 0.5) is 0 Å². The molecule has 1 unspecified atom stereocenters. The first-order chi connectivity index (χ1) is 8.02. The molecule has 17 heavy (non-hydrogen) atoms. The summed E-state index contributed by atoms with van der Waals surface area (Å²) in [7, 11) is 1.30. The highest BCUT2D eigenvalue weighted by Gasteiger charge is 2.23. The smallest absolute Gasteiger partial charge is 0.338 e. The monoisotopic (exact) mass is 318 g/mol. The van der Waals surface area contributed by atoms with Crippen molar-refractivity contribution in [2.75, 3.05) is 7.11 Å². The lowest BCUT2D eigenvalue weighted by molar-refractivity contribution is -0.116. The Labute approximate surface area is 113 Å². The van der Waals surface area contributed by atoms with Gasteiger partial charge in [0.05, 0.1) is 17.5 Å². The summed E-state index contributed by atoms with van der Waals surface area (Å²) in [5, 5.41) is 0. The number of benzene rings is 1. The topological polar surface area (TPSA) is 43.4 Å². The van der Waals surface area contributed by atoms with Gasteiger partial charge in [0.2, 0.25) is 0 Å². The maximum atomic E-state index is 11.7. The summed E-state index contributed by atoms with van der Waals surface area (Å²) < 4.78 is 4.72. The molecule has 0 bridgehead atoms. The number of Topliss-reactive ketones (excluding diaryl/α,β-unsaturated/α-hetero) is 1. The van der Waals surface area contributed by atoms with Crippen LogP contribution < -0.4 is 0 Å². The van der Waals surface area contributed by atoms with Crippen LogP contribution >= 0.6 is 27.5 Å². The SMILES string of the molecule is COC(=O)c1c(CCl)cccc1C(Br)C(C)=O. The Bertz CT molecular complexity index is 445. The molecule has 0 spiro atoms. The van der Waals surface area contributed by atoms with E-state index in [9.17, 15) is 9.59 Å². The van der Waals surface area contributed by atoms with Crippen molar-refractivity contribution < 1.29 is 14.3 Å². The second kappa shape index (κ2) is 6.17. The number of carbonyl (C=O) groups excluding carboxylic acids is 2. The second-order valence-electron chi connectivity index (χ2n) is 3.48. The van der Waals surface area contributed by atoms with Crippen LogP contribution in [0.1, 0.15) is 33.2 Å². The zero-order valence-corrected chi connectivity index (χ0v) is 11.8. The van der Waals surface area contributed by atoms with Gasteiger partial charge < -0.3 is 4.74 Å². The van der Waals surface area contributed by atoms with Crippen LogP contribution in [0.5, 0.6) is 0 Å². The van der Waals surface area contributed by atoms with Crippen LogP contribution in [0, 0.1) is 0 Å². The van der Waals surface area contributed by atoms with E-state index in [1.54, 1.807) is 18.2 Å². The van der Waals surface area contributed by atoms with Gasteiger partial charge in [0, 0.05) is 5.88 Å². The highest BCUT2D eigenvalue weighted by atomic mass is 79.9. The van der Waals surface area contributed by atoms with Gasteiger partial charge in [-0.2, -0.15) is 0 Å². The number of hydrogen-bond acceptors (Lipinski definition) is 3. The van der Waals surface area contributed by atoms with Crippen molar-refractivity contribution in [2.24, 2.45) is 0 Å². The Morgan fingerprint density at radius 3 is 2.59 bits per heavy atom. The van der Waals surface area contributed by atoms with E-state index in [4.69, 9.17) is 16.3 Å². The van der Waals surface area contributed by atoms with Crippen LogP contribution in [-0.2, 0) is 15.4 Å². The van der Waals surface area contributed by atoms with Crippen molar-refractivity contribution in [3.05, 3.63) is 34.9 Å². The lowest BCUT2D eigenvalue weighted by Crippen LogP contribution is -2.13. The van der Waals surface area contributed by atoms with Crippen molar-refractivity contribution in [1.82, 2.24) is 0 Å². The summed E-state index contributed by atoms with van der Waals surface area (Å²) >= 11 is 9.04. The summed E-state index contributed by atoms with van der Waals surface area (Å²) in [5.74, 6) is -0.376. The molecule has 0 aliphatic heterocycles. The lowest BCUT2D eigenvalue weighted by Gasteiger charge is -2.14. The number of halogens is 2. The Balaban J connectivity index is 3.38. The van der Waals surface area contributed by atoms with E-state index < -0.39 is 10.8 Å². The molecular weight excluding hydrogens is 307 g/mol. The van der Waals surface area contributed by atoms with Gasteiger partial charge in [0.1, 0.15) is 5.78 Å². The van der Waals surface area contributed by atoms with Crippen LogP contribution in [0.2, 0.25) is 0 Å². The first-order valence-electron chi connectivity index (χ1n) is 4.93. The van der Waals surface area contributed by atoms with Gasteiger partial charge in [0.15, 0.2) is 0 Å². The third-order valence-corrected chi connectivity index (χ3v) is 3.77. The highest BCUT2D eigenvalue weighted by Crippen LogP contribution is 2.30. The van der Waals surface area contributed by atoms with Crippen LogP contribution in [0.15, 0.2) is 18.2 Å². The standard InChI is InChI=1S/C12H12BrClO3/c1-7(15)11(13)9-5-3-4-8(6-14)10(9)12(16)17-2/h3-5,11H,6H2,1-2H3. The number of rotatable bonds is 4. The summed E-state index contributed by atoms with van der Waals surface area (Å²) in [6, 6.07) is 5.21. The summed E-state index contributed by atoms with van der Waals surface area (Å²) in [5.41, 5.74) is 1.60. The molecule has 1 atom stereocenters. The van der Waals surface area contributed by atoms with E-state index in [0.29, 0.717) is 16.7 Å². The van der Waals surface area contributed by atoms with Crippen LogP contribution in [0.3, 0.4) is 0 Å². The summed E-state index contributed by atoms with van der Waals surface area (Å²) in [4.78, 5) is 22.6. The van der Waals surface area contributed by atoms with E-state index in [0.717, 1.165) is 0 Å². The van der Waals surface area contributed by atoms with Gasteiger partial charge in [-0.1, -0.05) is 34.1 Å². The maximum absolute atomic E-state index is 11.7. The normalized spacial score (nSPS) is 12.0. The number of ketones is 1. The maximum Gasteiger partial charge on any atom is 0.338 e. The van der Waals surface area contributed by atoms with Gasteiger partial charge >= 0.3 is 5.97 Å². The van der Waals surface area contributed by atoms with Crippen molar-refractivity contribution >= 4 is 39.3 Å². The molecule has 0 aliphatic carbocycles. The fourth-order valence-corrected chi connectivity index (χ4v) is 2.12. The number of esters is 1. The number of hydrogen-bond donors (Lipinski definition) is 0. The molecule has 92 valence electrons. The quantitative estimate of drug-likeness (QED) is 0.632. The largest absolute Gasteiger partial charge is 0.465 e. The molecule has 1 aromatic carbocycles. The minimum Gasteiger partial charge on any atom is -0.465 e. The average molecular weight is 320 g/mol. The minimum absolute atomic E-state index is 0.0816. The molecule has 0 N–H and O–H groups in total. The van der Waals surface area contributed by atoms with E-state index in [1.807, 2.05) is 0 Å². The molecule has 5 heteroatoms. The first kappa shape index (κ1) is 14.2. The highest BCUT2D eigenvalue weighted by molar-refractivity contribution is 9.09. The number of ether oxygens (including phenoxy) is 1.